The van der Waals surface area contributed by atoms with Crippen molar-refractivity contribution < 1.29 is 9.18 Å². The second kappa shape index (κ2) is 5.09. The first-order valence-electron chi connectivity index (χ1n) is 5.15. The maximum Gasteiger partial charge on any atom is 0.291 e. The van der Waals surface area contributed by atoms with Crippen molar-refractivity contribution in [1.82, 2.24) is 15.2 Å². The monoisotopic (exact) mass is 266 g/mol. The highest BCUT2D eigenvalue weighted by atomic mass is 32.1. The molecular weight excluding hydrogens is 255 g/mol. The van der Waals surface area contributed by atoms with Crippen LogP contribution in [0.15, 0.2) is 23.3 Å². The summed E-state index contributed by atoms with van der Waals surface area (Å²) in [5.74, 6) is -0.396. The average Bonchev–Trinajstić information content (AvgIpc) is 2.87. The summed E-state index contributed by atoms with van der Waals surface area (Å²) in [4.78, 5) is 12.3. The van der Waals surface area contributed by atoms with Crippen molar-refractivity contribution in [2.24, 2.45) is 12.1 Å². The summed E-state index contributed by atoms with van der Waals surface area (Å²) in [6, 6.07) is 4.59. The summed E-state index contributed by atoms with van der Waals surface area (Å²) in [6.45, 7) is 1.85. The molecule has 0 aliphatic rings. The lowest BCUT2D eigenvalue weighted by atomic mass is 10.3. The molecule has 2 heterocycles. The molecule has 0 saturated carbocycles. The zero-order chi connectivity index (χ0) is 13.1. The van der Waals surface area contributed by atoms with Gasteiger partial charge in [0, 0.05) is 12.7 Å². The van der Waals surface area contributed by atoms with E-state index in [9.17, 15) is 9.18 Å². The van der Waals surface area contributed by atoms with Gasteiger partial charge in [-0.2, -0.15) is 14.6 Å². The van der Waals surface area contributed by atoms with Gasteiger partial charge in [0.25, 0.3) is 5.91 Å². The molecule has 2 rings (SSSR count). The van der Waals surface area contributed by atoms with Crippen LogP contribution in [-0.4, -0.2) is 21.9 Å². The third-order valence-corrected chi connectivity index (χ3v) is 3.11. The Labute approximate surface area is 107 Å². The number of hydrogen-bond acceptors (Lipinski definition) is 4. The van der Waals surface area contributed by atoms with E-state index in [0.717, 1.165) is 17.0 Å². The molecule has 0 aliphatic carbocycles. The highest BCUT2D eigenvalue weighted by Gasteiger charge is 2.09. The van der Waals surface area contributed by atoms with Gasteiger partial charge in [-0.25, -0.2) is 5.43 Å². The number of thiophene rings is 1. The molecule has 1 amide bonds. The Hall–Kier alpha value is -2.02. The van der Waals surface area contributed by atoms with E-state index in [1.165, 1.54) is 12.3 Å². The maximum absolute atomic E-state index is 12.7. The molecule has 0 radical (unpaired) electrons. The number of carbonyl (C=O) groups excluding carboxylic acids is 1. The summed E-state index contributed by atoms with van der Waals surface area (Å²) in [7, 11) is 1.75. The Kier molecular flexibility index (Phi) is 3.52. The van der Waals surface area contributed by atoms with Crippen molar-refractivity contribution >= 4 is 23.5 Å². The largest absolute Gasteiger partial charge is 0.291 e. The number of nitrogens with zero attached hydrogens (tertiary/aromatic N) is 3. The number of aryl methyl sites for hydroxylation is 2. The van der Waals surface area contributed by atoms with Crippen molar-refractivity contribution in [2.75, 3.05) is 0 Å². The van der Waals surface area contributed by atoms with Crippen LogP contribution < -0.4 is 5.43 Å². The highest BCUT2D eigenvalue weighted by Crippen LogP contribution is 2.11. The van der Waals surface area contributed by atoms with E-state index in [1.54, 1.807) is 23.9 Å². The molecule has 5 nitrogen and oxygen atoms in total. The van der Waals surface area contributed by atoms with Crippen molar-refractivity contribution in [2.45, 2.75) is 6.92 Å². The number of hydrazone groups is 1. The van der Waals surface area contributed by atoms with Gasteiger partial charge in [-0.3, -0.25) is 9.48 Å². The summed E-state index contributed by atoms with van der Waals surface area (Å²) in [6.07, 6.45) is 1.39. The molecule has 1 N–H and O–H groups in total. The van der Waals surface area contributed by atoms with E-state index in [2.05, 4.69) is 15.6 Å². The molecule has 7 heteroatoms. The minimum Gasteiger partial charge on any atom is -0.272 e. The van der Waals surface area contributed by atoms with Gasteiger partial charge < -0.3 is 0 Å². The third kappa shape index (κ3) is 2.80. The molecule has 0 fully saturated rings. The molecule has 0 aromatic carbocycles. The molecule has 2 aromatic heterocycles. The van der Waals surface area contributed by atoms with Gasteiger partial charge in [-0.1, -0.05) is 0 Å². The van der Waals surface area contributed by atoms with Crippen LogP contribution in [0.2, 0.25) is 0 Å². The first-order valence-corrected chi connectivity index (χ1v) is 5.97. The maximum atomic E-state index is 12.7. The lowest BCUT2D eigenvalue weighted by Crippen LogP contribution is -2.18. The van der Waals surface area contributed by atoms with E-state index in [0.29, 0.717) is 10.6 Å². The number of nitrogens with one attached hydrogen (secondary N) is 1. The highest BCUT2D eigenvalue weighted by molar-refractivity contribution is 7.12. The van der Waals surface area contributed by atoms with E-state index in [4.69, 9.17) is 0 Å². The number of rotatable bonds is 3. The number of halogens is 1. The van der Waals surface area contributed by atoms with Gasteiger partial charge in [0.05, 0.1) is 11.1 Å². The minimum absolute atomic E-state index is 0.289. The molecule has 0 unspecified atom stereocenters. The summed E-state index contributed by atoms with van der Waals surface area (Å²) < 4.78 is 14.3. The standard InChI is InChI=1S/C11H11FN4OS/c1-7-5-9(15-16(7)2)11(17)14-13-6-8-3-4-10(12)18-8/h3-6H,1-2H3,(H,14,17). The van der Waals surface area contributed by atoms with Crippen LogP contribution >= 0.6 is 11.3 Å². The Morgan fingerprint density at radius 2 is 2.39 bits per heavy atom. The van der Waals surface area contributed by atoms with Crippen LogP contribution in [0.1, 0.15) is 21.1 Å². The molecule has 0 aliphatic heterocycles. The molecule has 0 bridgehead atoms. The van der Waals surface area contributed by atoms with Gasteiger partial charge in [0.15, 0.2) is 10.8 Å². The Morgan fingerprint density at radius 3 is 2.94 bits per heavy atom. The van der Waals surface area contributed by atoms with Crippen LogP contribution in [-0.2, 0) is 7.05 Å². The quantitative estimate of drug-likeness (QED) is 0.679. The first kappa shape index (κ1) is 12.4. The first-order chi connectivity index (χ1) is 8.56. The number of hydrogen-bond donors (Lipinski definition) is 1. The van der Waals surface area contributed by atoms with Gasteiger partial charge in [0.1, 0.15) is 0 Å². The Bertz CT molecular complexity index is 582. The van der Waals surface area contributed by atoms with E-state index >= 15 is 0 Å². The van der Waals surface area contributed by atoms with Gasteiger partial charge in [0.2, 0.25) is 0 Å². The third-order valence-electron chi connectivity index (χ3n) is 2.30. The SMILES string of the molecule is Cc1cc(C(=O)NN=Cc2ccc(F)s2)nn1C. The van der Waals surface area contributed by atoms with Gasteiger partial charge >= 0.3 is 0 Å². The fourth-order valence-electron chi connectivity index (χ4n) is 1.28. The van der Waals surface area contributed by atoms with Crippen LogP contribution in [0.5, 0.6) is 0 Å². The van der Waals surface area contributed by atoms with Gasteiger partial charge in [-0.15, -0.1) is 11.3 Å². The molecule has 0 spiro atoms. The molecule has 0 atom stereocenters. The molecular formula is C11H11FN4OS. The fourth-order valence-corrected chi connectivity index (χ4v) is 1.88. The molecule has 0 saturated heterocycles. The summed E-state index contributed by atoms with van der Waals surface area (Å²) in [5.41, 5.74) is 3.51. The van der Waals surface area contributed by atoms with Crippen molar-refractivity contribution in [3.05, 3.63) is 39.6 Å². The number of carbonyl (C=O) groups is 1. The lowest BCUT2D eigenvalue weighted by Gasteiger charge is -1.93. The minimum atomic E-state index is -0.396. The van der Waals surface area contributed by atoms with Crippen LogP contribution in [0.3, 0.4) is 0 Å². The molecule has 2 aromatic rings. The number of amides is 1. The molecule has 18 heavy (non-hydrogen) atoms. The summed E-state index contributed by atoms with van der Waals surface area (Å²) in [5, 5.41) is 7.46. The van der Waals surface area contributed by atoms with E-state index in [1.807, 2.05) is 6.92 Å². The lowest BCUT2D eigenvalue weighted by molar-refractivity contribution is 0.0949. The van der Waals surface area contributed by atoms with Gasteiger partial charge in [-0.05, 0) is 25.1 Å². The van der Waals surface area contributed by atoms with Crippen LogP contribution in [0.25, 0.3) is 0 Å². The normalized spacial score (nSPS) is 11.1. The average molecular weight is 266 g/mol. The zero-order valence-electron chi connectivity index (χ0n) is 9.85. The second-order valence-electron chi connectivity index (χ2n) is 3.64. The van der Waals surface area contributed by atoms with Crippen molar-refractivity contribution in [3.8, 4) is 0 Å². The van der Waals surface area contributed by atoms with E-state index < -0.39 is 5.91 Å². The summed E-state index contributed by atoms with van der Waals surface area (Å²) >= 11 is 0.955. The van der Waals surface area contributed by atoms with E-state index in [-0.39, 0.29) is 5.13 Å². The van der Waals surface area contributed by atoms with Crippen LogP contribution in [0, 0.1) is 12.1 Å². The topological polar surface area (TPSA) is 59.3 Å². The Balaban J connectivity index is 1.98. The number of aromatic nitrogens is 2. The second-order valence-corrected chi connectivity index (χ2v) is 4.70. The smallest absolute Gasteiger partial charge is 0.272 e. The fraction of sp³-hybridized carbons (Fsp3) is 0.182. The van der Waals surface area contributed by atoms with Crippen molar-refractivity contribution in [1.29, 1.82) is 0 Å². The predicted octanol–water partition coefficient (Wildman–Crippen LogP) is 1.69. The van der Waals surface area contributed by atoms with Crippen LogP contribution in [0.4, 0.5) is 4.39 Å². The van der Waals surface area contributed by atoms with Crippen molar-refractivity contribution in [3.63, 3.8) is 0 Å². The predicted molar refractivity (Wildman–Crippen MR) is 67.3 cm³/mol. The Morgan fingerprint density at radius 1 is 1.61 bits per heavy atom. The zero-order valence-corrected chi connectivity index (χ0v) is 10.7. The molecule has 94 valence electrons.